The fourth-order valence-electron chi connectivity index (χ4n) is 0. The Balaban J connectivity index is -0.0000000114. The number of aliphatic carboxylic acids is 2. The summed E-state index contributed by atoms with van der Waals surface area (Å²) >= 11 is 7.12. The third-order valence-electron chi connectivity index (χ3n) is 0. The van der Waals surface area contributed by atoms with Crippen molar-refractivity contribution < 1.29 is 81.8 Å². The van der Waals surface area contributed by atoms with Gasteiger partial charge in [-0.2, -0.15) is 0 Å². The molecule has 0 heterocycles. The van der Waals surface area contributed by atoms with Gasteiger partial charge in [0.25, 0.3) is 11.9 Å². The third kappa shape index (κ3) is 579. The van der Waals surface area contributed by atoms with E-state index in [1.807, 2.05) is 0 Å². The van der Waals surface area contributed by atoms with Gasteiger partial charge in [0.15, 0.2) is 0 Å². The quantitative estimate of drug-likeness (QED) is 0.427. The number of hydrogen-bond acceptors (Lipinski definition) is 2. The van der Waals surface area contributed by atoms with Crippen LogP contribution in [0.4, 0.5) is 0 Å². The molecule has 0 rings (SSSR count). The first-order valence-corrected chi connectivity index (χ1v) is 7.25. The van der Waals surface area contributed by atoms with Crippen LogP contribution in [0.3, 0.4) is 0 Å². The first-order valence-electron chi connectivity index (χ1n) is 2.11. The molecule has 0 atom stereocenters. The Morgan fingerprint density at radius 3 is 1.00 bits per heavy atom. The van der Waals surface area contributed by atoms with Gasteiger partial charge in [0, 0.05) is 64.8 Å². The van der Waals surface area contributed by atoms with Gasteiger partial charge in [-0.3, -0.25) is 9.59 Å². The van der Waals surface area contributed by atoms with Gasteiger partial charge in [-0.25, -0.2) is 0 Å². The van der Waals surface area contributed by atoms with Crippen molar-refractivity contribution in [3.8, 4) is 0 Å². The summed E-state index contributed by atoms with van der Waals surface area (Å²) < 4.78 is 0. The molecule has 0 aliphatic heterocycles. The molecular weight excluding hydrogens is 579 g/mol. The van der Waals surface area contributed by atoms with E-state index in [0.29, 0.717) is 0 Å². The molecule has 0 aromatic carbocycles. The van der Waals surface area contributed by atoms with Crippen LogP contribution in [0.15, 0.2) is 0 Å². The van der Waals surface area contributed by atoms with Gasteiger partial charge >= 0.3 is 39.5 Å². The molecule has 15 heavy (non-hydrogen) atoms. The van der Waals surface area contributed by atoms with Gasteiger partial charge < -0.3 is 10.2 Å². The Morgan fingerprint density at radius 1 is 1.00 bits per heavy atom. The average molecular weight is 589 g/mol. The Bertz CT molecular complexity index is 102. The van der Waals surface area contributed by atoms with Crippen LogP contribution in [0, 0.1) is 0 Å². The van der Waals surface area contributed by atoms with Gasteiger partial charge in [-0.1, -0.05) is 0 Å². The zero-order valence-corrected chi connectivity index (χ0v) is 16.6. The van der Waals surface area contributed by atoms with E-state index in [9.17, 15) is 0 Å². The Morgan fingerprint density at radius 2 is 1.00 bits per heavy atom. The minimum atomic E-state index is -0.833. The summed E-state index contributed by atoms with van der Waals surface area (Å²) in [7, 11) is 0. The summed E-state index contributed by atoms with van der Waals surface area (Å²) in [5.74, 6) is -1.67. The first-order chi connectivity index (χ1) is 4.88. The van der Waals surface area contributed by atoms with E-state index in [-0.39, 0.29) is 67.9 Å². The molecule has 0 aliphatic carbocycles. The number of rotatable bonds is 0. The van der Waals surface area contributed by atoms with Crippen molar-refractivity contribution in [2.75, 3.05) is 0 Å². The van der Waals surface area contributed by atoms with E-state index in [1.165, 1.54) is 0 Å². The SMILES string of the molecule is Br.CC(=O)O.CC(=O)O.[Br][Co][Br].[Co].[Mn].[Mn]. The van der Waals surface area contributed by atoms with E-state index >= 15 is 0 Å². The van der Waals surface area contributed by atoms with Crippen LogP contribution in [-0.2, 0) is 71.6 Å². The summed E-state index contributed by atoms with van der Waals surface area (Å²) in [4.78, 5) is 18.0. The maximum absolute atomic E-state index is 9.00. The number of carboxylic acids is 2. The molecule has 0 aromatic rings. The number of hydrogen-bond donors (Lipinski definition) is 2. The van der Waals surface area contributed by atoms with Crippen LogP contribution in [0.2, 0.25) is 0 Å². The zero-order chi connectivity index (χ0) is 9.86. The number of carboxylic acid groups (broad SMARTS) is 2. The predicted molar refractivity (Wildman–Crippen MR) is 54.8 cm³/mol. The Kier molecular flexibility index (Phi) is 127. The molecule has 0 saturated carbocycles. The topological polar surface area (TPSA) is 74.6 Å². The molecule has 0 fully saturated rings. The van der Waals surface area contributed by atoms with Crippen LogP contribution in [0.5, 0.6) is 0 Å². The van der Waals surface area contributed by atoms with Crippen LogP contribution >= 0.6 is 45.3 Å². The zero-order valence-electron chi connectivity index (χ0n) is 7.30. The van der Waals surface area contributed by atoms with Crippen LogP contribution in [0.1, 0.15) is 13.8 Å². The van der Waals surface area contributed by atoms with Crippen molar-refractivity contribution in [1.29, 1.82) is 0 Å². The first kappa shape index (κ1) is 43.3. The number of halogens is 3. The predicted octanol–water partition coefficient (Wildman–Crippen LogP) is 2.44. The van der Waals surface area contributed by atoms with E-state index in [2.05, 4.69) is 28.3 Å². The van der Waals surface area contributed by atoms with Gasteiger partial charge in [-0.05, 0) is 0 Å². The molecule has 0 unspecified atom stereocenters. The minimum absolute atomic E-state index is 0. The van der Waals surface area contributed by atoms with E-state index in [4.69, 9.17) is 19.8 Å². The summed E-state index contributed by atoms with van der Waals surface area (Å²) in [6.07, 6.45) is 0. The molecule has 0 amide bonds. The van der Waals surface area contributed by atoms with Crippen molar-refractivity contribution >= 4 is 57.3 Å². The second kappa shape index (κ2) is 44.0. The molecule has 102 valence electrons. The van der Waals surface area contributed by atoms with Gasteiger partial charge in [0.1, 0.15) is 0 Å². The minimum Gasteiger partial charge on any atom is 0 e. The summed E-state index contributed by atoms with van der Waals surface area (Å²) in [6, 6.07) is 0. The molecule has 3 radical (unpaired) electrons. The molecular formula is C4H9Br3Co2Mn2O4. The van der Waals surface area contributed by atoms with E-state index in [1.54, 1.807) is 0 Å². The van der Waals surface area contributed by atoms with Crippen molar-refractivity contribution in [2.24, 2.45) is 0 Å². The van der Waals surface area contributed by atoms with Crippen molar-refractivity contribution in [2.45, 2.75) is 13.8 Å². The second-order valence-corrected chi connectivity index (χ2v) is 6.34. The van der Waals surface area contributed by atoms with E-state index in [0.717, 1.165) is 25.0 Å². The summed E-state index contributed by atoms with van der Waals surface area (Å²) in [5, 5.41) is 14.8. The van der Waals surface area contributed by atoms with Crippen LogP contribution in [0.25, 0.3) is 0 Å². The van der Waals surface area contributed by atoms with Crippen molar-refractivity contribution in [3.63, 3.8) is 0 Å². The smallest absolute Gasteiger partial charge is 0 e. The van der Waals surface area contributed by atoms with Gasteiger partial charge in [-0.15, -0.1) is 17.0 Å². The van der Waals surface area contributed by atoms with Gasteiger partial charge in [0.2, 0.25) is 0 Å². The molecule has 0 aromatic heterocycles. The molecule has 2 N–H and O–H groups in total. The maximum atomic E-state index is 9.00. The second-order valence-electron chi connectivity index (χ2n) is 1.09. The molecule has 11 heteroatoms. The fourth-order valence-corrected chi connectivity index (χ4v) is 0. The Labute approximate surface area is 151 Å². The molecule has 0 bridgehead atoms. The molecule has 0 spiro atoms. The van der Waals surface area contributed by atoms with Gasteiger partial charge in [0.05, 0.1) is 0 Å². The van der Waals surface area contributed by atoms with Crippen LogP contribution < -0.4 is 0 Å². The normalized spacial score (nSPS) is 4.80. The third-order valence-corrected chi connectivity index (χ3v) is 0. The number of carbonyl (C=O) groups is 2. The van der Waals surface area contributed by atoms with Crippen molar-refractivity contribution in [1.82, 2.24) is 0 Å². The summed E-state index contributed by atoms with van der Waals surface area (Å²) in [6.45, 7) is 2.17. The van der Waals surface area contributed by atoms with E-state index < -0.39 is 11.9 Å². The molecule has 4 nitrogen and oxygen atoms in total. The Hall–Kier alpha value is 2.43. The largest absolute Gasteiger partial charge is 0 e. The molecule has 0 saturated heterocycles. The monoisotopic (exact) mass is 586 g/mol. The van der Waals surface area contributed by atoms with Crippen LogP contribution in [-0.4, -0.2) is 22.2 Å². The molecule has 0 aliphatic rings. The maximum Gasteiger partial charge on any atom is 0 e. The standard InChI is InChI=1S/2C2H4O2.3BrH.2Co.2Mn/c2*1-2(3)4;;;;;;;/h2*1H3,(H,3,4);3*1H;;;;/q;;;;;;+2;;/p-2. The van der Waals surface area contributed by atoms with Crippen molar-refractivity contribution in [3.05, 3.63) is 0 Å². The fraction of sp³-hybridized carbons (Fsp3) is 0.500. The average Bonchev–Trinajstić information content (AvgIpc) is 1.60. The summed E-state index contributed by atoms with van der Waals surface area (Å²) in [5.41, 5.74) is 0.